The SMILES string of the molecule is CCc1cnc2cc(OC)ccc2n1. The molecule has 1 aromatic carbocycles. The van der Waals surface area contributed by atoms with Crippen LogP contribution in [0.4, 0.5) is 0 Å². The lowest BCUT2D eigenvalue weighted by molar-refractivity contribution is 0.415. The van der Waals surface area contributed by atoms with E-state index in [0.717, 1.165) is 28.9 Å². The summed E-state index contributed by atoms with van der Waals surface area (Å²) in [6, 6.07) is 5.72. The maximum atomic E-state index is 5.11. The summed E-state index contributed by atoms with van der Waals surface area (Å²) in [7, 11) is 1.65. The van der Waals surface area contributed by atoms with Crippen molar-refractivity contribution >= 4 is 11.0 Å². The third-order valence-corrected chi connectivity index (χ3v) is 2.16. The van der Waals surface area contributed by atoms with Gasteiger partial charge in [0.05, 0.1) is 23.8 Å². The molecule has 0 spiro atoms. The molecule has 2 aromatic rings. The Balaban J connectivity index is 2.57. The van der Waals surface area contributed by atoms with Crippen molar-refractivity contribution in [3.05, 3.63) is 30.1 Å². The Kier molecular flexibility index (Phi) is 2.31. The summed E-state index contributed by atoms with van der Waals surface area (Å²) < 4.78 is 5.11. The fourth-order valence-corrected chi connectivity index (χ4v) is 1.33. The molecule has 0 radical (unpaired) electrons. The number of aromatic nitrogens is 2. The normalized spacial score (nSPS) is 10.4. The molecule has 14 heavy (non-hydrogen) atoms. The van der Waals surface area contributed by atoms with Crippen molar-refractivity contribution in [1.82, 2.24) is 9.97 Å². The van der Waals surface area contributed by atoms with Crippen LogP contribution in [-0.2, 0) is 6.42 Å². The number of rotatable bonds is 2. The molecule has 0 aliphatic rings. The Bertz CT molecular complexity index is 411. The van der Waals surface area contributed by atoms with Crippen LogP contribution in [-0.4, -0.2) is 17.1 Å². The number of benzene rings is 1. The van der Waals surface area contributed by atoms with E-state index in [1.807, 2.05) is 24.4 Å². The first-order valence-corrected chi connectivity index (χ1v) is 4.63. The molecule has 0 bridgehead atoms. The first kappa shape index (κ1) is 8.94. The number of nitrogens with zero attached hydrogens (tertiary/aromatic N) is 2. The van der Waals surface area contributed by atoms with Crippen molar-refractivity contribution < 1.29 is 4.74 Å². The van der Waals surface area contributed by atoms with Gasteiger partial charge in [-0.1, -0.05) is 6.92 Å². The van der Waals surface area contributed by atoms with Gasteiger partial charge in [-0.25, -0.2) is 4.98 Å². The van der Waals surface area contributed by atoms with Crippen molar-refractivity contribution in [1.29, 1.82) is 0 Å². The zero-order chi connectivity index (χ0) is 9.97. The molecule has 1 heterocycles. The molecule has 0 fully saturated rings. The molecular weight excluding hydrogens is 176 g/mol. The summed E-state index contributed by atoms with van der Waals surface area (Å²) in [5, 5.41) is 0. The fourth-order valence-electron chi connectivity index (χ4n) is 1.33. The van der Waals surface area contributed by atoms with E-state index in [1.165, 1.54) is 0 Å². The van der Waals surface area contributed by atoms with Crippen LogP contribution < -0.4 is 4.74 Å². The van der Waals surface area contributed by atoms with Gasteiger partial charge in [0, 0.05) is 12.3 Å². The Hall–Kier alpha value is -1.64. The topological polar surface area (TPSA) is 35.0 Å². The predicted octanol–water partition coefficient (Wildman–Crippen LogP) is 2.20. The molecule has 0 atom stereocenters. The highest BCUT2D eigenvalue weighted by Crippen LogP contribution is 2.17. The van der Waals surface area contributed by atoms with Crippen LogP contribution in [0, 0.1) is 0 Å². The highest BCUT2D eigenvalue weighted by molar-refractivity contribution is 5.75. The van der Waals surface area contributed by atoms with E-state index < -0.39 is 0 Å². The summed E-state index contributed by atoms with van der Waals surface area (Å²) in [6.07, 6.45) is 2.72. The molecule has 2 rings (SSSR count). The monoisotopic (exact) mass is 188 g/mol. The van der Waals surface area contributed by atoms with Crippen LogP contribution in [0.5, 0.6) is 5.75 Å². The van der Waals surface area contributed by atoms with Crippen LogP contribution in [0.25, 0.3) is 11.0 Å². The van der Waals surface area contributed by atoms with E-state index in [-0.39, 0.29) is 0 Å². The van der Waals surface area contributed by atoms with Crippen LogP contribution in [0.15, 0.2) is 24.4 Å². The molecule has 1 aromatic heterocycles. The van der Waals surface area contributed by atoms with E-state index in [9.17, 15) is 0 Å². The number of aryl methyl sites for hydroxylation is 1. The maximum Gasteiger partial charge on any atom is 0.121 e. The van der Waals surface area contributed by atoms with Gasteiger partial charge in [-0.2, -0.15) is 0 Å². The van der Waals surface area contributed by atoms with E-state index in [0.29, 0.717) is 0 Å². The number of ether oxygens (including phenoxy) is 1. The molecule has 0 saturated heterocycles. The highest BCUT2D eigenvalue weighted by atomic mass is 16.5. The standard InChI is InChI=1S/C11H12N2O/c1-3-8-7-12-11-6-9(14-2)4-5-10(11)13-8/h4-7H,3H2,1-2H3. The largest absolute Gasteiger partial charge is 0.497 e. The predicted molar refractivity (Wildman–Crippen MR) is 55.5 cm³/mol. The van der Waals surface area contributed by atoms with Gasteiger partial charge in [0.2, 0.25) is 0 Å². The van der Waals surface area contributed by atoms with E-state index in [2.05, 4.69) is 16.9 Å². The molecule has 0 aliphatic carbocycles. The first-order valence-electron chi connectivity index (χ1n) is 4.63. The number of fused-ring (bicyclic) bond motifs is 1. The Morgan fingerprint density at radius 2 is 2.14 bits per heavy atom. The van der Waals surface area contributed by atoms with Crippen molar-refractivity contribution in [2.75, 3.05) is 7.11 Å². The fraction of sp³-hybridized carbons (Fsp3) is 0.273. The summed E-state index contributed by atoms with van der Waals surface area (Å²) in [6.45, 7) is 2.07. The Morgan fingerprint density at radius 1 is 1.29 bits per heavy atom. The van der Waals surface area contributed by atoms with Crippen molar-refractivity contribution in [3.8, 4) is 5.75 Å². The second-order valence-electron chi connectivity index (χ2n) is 3.07. The summed E-state index contributed by atoms with van der Waals surface area (Å²) in [5.41, 5.74) is 2.81. The van der Waals surface area contributed by atoms with Crippen molar-refractivity contribution in [2.24, 2.45) is 0 Å². The van der Waals surface area contributed by atoms with Crippen LogP contribution >= 0.6 is 0 Å². The van der Waals surface area contributed by atoms with Crippen molar-refractivity contribution in [3.63, 3.8) is 0 Å². The first-order chi connectivity index (χ1) is 6.83. The molecule has 3 heteroatoms. The van der Waals surface area contributed by atoms with E-state index in [1.54, 1.807) is 7.11 Å². The second-order valence-corrected chi connectivity index (χ2v) is 3.07. The van der Waals surface area contributed by atoms with E-state index >= 15 is 0 Å². The third-order valence-electron chi connectivity index (χ3n) is 2.16. The molecule has 72 valence electrons. The number of methoxy groups -OCH3 is 1. The molecule has 0 saturated carbocycles. The average molecular weight is 188 g/mol. The molecule has 0 N–H and O–H groups in total. The lowest BCUT2D eigenvalue weighted by atomic mass is 10.2. The minimum Gasteiger partial charge on any atom is -0.497 e. The highest BCUT2D eigenvalue weighted by Gasteiger charge is 1.99. The van der Waals surface area contributed by atoms with Crippen molar-refractivity contribution in [2.45, 2.75) is 13.3 Å². The Morgan fingerprint density at radius 3 is 2.86 bits per heavy atom. The molecular formula is C11H12N2O. The van der Waals surface area contributed by atoms with Gasteiger partial charge in [0.15, 0.2) is 0 Å². The summed E-state index contributed by atoms with van der Waals surface area (Å²) in [4.78, 5) is 8.77. The van der Waals surface area contributed by atoms with Crippen LogP contribution in [0.2, 0.25) is 0 Å². The minimum absolute atomic E-state index is 0.816. The molecule has 3 nitrogen and oxygen atoms in total. The average Bonchev–Trinajstić information content (AvgIpc) is 2.27. The van der Waals surface area contributed by atoms with E-state index in [4.69, 9.17) is 4.74 Å². The van der Waals surface area contributed by atoms with Gasteiger partial charge in [0.25, 0.3) is 0 Å². The number of hydrogen-bond donors (Lipinski definition) is 0. The van der Waals surface area contributed by atoms with Crippen LogP contribution in [0.1, 0.15) is 12.6 Å². The smallest absolute Gasteiger partial charge is 0.121 e. The molecule has 0 unspecified atom stereocenters. The third kappa shape index (κ3) is 1.53. The lowest BCUT2D eigenvalue weighted by Gasteiger charge is -2.02. The summed E-state index contributed by atoms with van der Waals surface area (Å²) >= 11 is 0. The zero-order valence-electron chi connectivity index (χ0n) is 8.32. The van der Waals surface area contributed by atoms with Gasteiger partial charge >= 0.3 is 0 Å². The lowest BCUT2D eigenvalue weighted by Crippen LogP contribution is -1.91. The number of hydrogen-bond acceptors (Lipinski definition) is 3. The second kappa shape index (κ2) is 3.62. The summed E-state index contributed by atoms with van der Waals surface area (Å²) in [5.74, 6) is 0.816. The van der Waals surface area contributed by atoms with Gasteiger partial charge < -0.3 is 4.74 Å². The zero-order valence-corrected chi connectivity index (χ0v) is 8.32. The van der Waals surface area contributed by atoms with Gasteiger partial charge in [-0.05, 0) is 18.6 Å². The quantitative estimate of drug-likeness (QED) is 0.724. The van der Waals surface area contributed by atoms with Gasteiger partial charge in [0.1, 0.15) is 5.75 Å². The molecule has 0 amide bonds. The van der Waals surface area contributed by atoms with Gasteiger partial charge in [-0.3, -0.25) is 4.98 Å². The van der Waals surface area contributed by atoms with Crippen LogP contribution in [0.3, 0.4) is 0 Å². The molecule has 0 aliphatic heterocycles. The maximum absolute atomic E-state index is 5.11. The minimum atomic E-state index is 0.816. The Labute approximate surface area is 82.8 Å². The van der Waals surface area contributed by atoms with Gasteiger partial charge in [-0.15, -0.1) is 0 Å².